The van der Waals surface area contributed by atoms with Gasteiger partial charge in [0.1, 0.15) is 5.76 Å². The minimum atomic E-state index is -0.200. The Labute approximate surface area is 123 Å². The third kappa shape index (κ3) is 4.67. The lowest BCUT2D eigenvalue weighted by molar-refractivity contribution is -0.118. The fourth-order valence-corrected chi connectivity index (χ4v) is 2.87. The van der Waals surface area contributed by atoms with Crippen molar-refractivity contribution >= 4 is 40.0 Å². The number of rotatable bonds is 6. The Kier molecular flexibility index (Phi) is 5.13. The van der Waals surface area contributed by atoms with Gasteiger partial charge in [-0.1, -0.05) is 23.1 Å². The monoisotopic (exact) mass is 312 g/mol. The quantitative estimate of drug-likeness (QED) is 0.620. The van der Waals surface area contributed by atoms with Crippen molar-refractivity contribution < 1.29 is 14.0 Å². The Hall–Kier alpha value is -1.87. The molecule has 0 unspecified atom stereocenters. The van der Waals surface area contributed by atoms with Gasteiger partial charge >= 0.3 is 0 Å². The van der Waals surface area contributed by atoms with E-state index in [1.165, 1.54) is 30.0 Å². The Bertz CT molecular complexity index is 582. The van der Waals surface area contributed by atoms with Crippen LogP contribution in [0.3, 0.4) is 0 Å². The van der Waals surface area contributed by atoms with Crippen LogP contribution < -0.4 is 10.6 Å². The van der Waals surface area contributed by atoms with Crippen molar-refractivity contribution in [3.05, 3.63) is 24.2 Å². The van der Waals surface area contributed by atoms with Gasteiger partial charge in [-0.25, -0.2) is 0 Å². The van der Waals surface area contributed by atoms with Gasteiger partial charge in [-0.05, 0) is 12.1 Å². The molecule has 2 N–H and O–H groups in total. The van der Waals surface area contributed by atoms with Gasteiger partial charge in [0.05, 0.1) is 18.6 Å². The predicted octanol–water partition coefficient (Wildman–Crippen LogP) is 1.50. The minimum absolute atomic E-state index is 0.123. The molecule has 0 fully saturated rings. The van der Waals surface area contributed by atoms with E-state index in [0.717, 1.165) is 0 Å². The average Bonchev–Trinajstić information content (AvgIpc) is 3.04. The van der Waals surface area contributed by atoms with E-state index in [1.54, 1.807) is 18.4 Å². The Morgan fingerprint density at radius 1 is 1.45 bits per heavy atom. The lowest BCUT2D eigenvalue weighted by Crippen LogP contribution is -2.24. The first-order valence-corrected chi connectivity index (χ1v) is 7.46. The second-order valence-corrected chi connectivity index (χ2v) is 5.90. The largest absolute Gasteiger partial charge is 0.467 e. The number of hydrogen-bond acceptors (Lipinski definition) is 7. The smallest absolute Gasteiger partial charge is 0.230 e. The average molecular weight is 312 g/mol. The van der Waals surface area contributed by atoms with Gasteiger partial charge in [0.15, 0.2) is 4.34 Å². The molecule has 0 atom stereocenters. The maximum Gasteiger partial charge on any atom is 0.230 e. The third-order valence-corrected chi connectivity index (χ3v) is 4.03. The topological polar surface area (TPSA) is 97.1 Å². The van der Waals surface area contributed by atoms with Crippen molar-refractivity contribution in [3.63, 3.8) is 0 Å². The van der Waals surface area contributed by atoms with Crippen LogP contribution >= 0.6 is 23.1 Å². The molecule has 2 heterocycles. The first-order chi connectivity index (χ1) is 9.63. The van der Waals surface area contributed by atoms with Crippen LogP contribution in [0.5, 0.6) is 0 Å². The molecule has 0 bridgehead atoms. The molecule has 2 aromatic rings. The number of furan rings is 1. The molecule has 0 radical (unpaired) electrons. The number of hydrogen-bond donors (Lipinski definition) is 2. The van der Waals surface area contributed by atoms with Crippen molar-refractivity contribution in [3.8, 4) is 0 Å². The number of aromatic nitrogens is 2. The van der Waals surface area contributed by atoms with Crippen molar-refractivity contribution in [1.29, 1.82) is 0 Å². The Morgan fingerprint density at radius 2 is 2.30 bits per heavy atom. The summed E-state index contributed by atoms with van der Waals surface area (Å²) in [5.74, 6) is 0.610. The van der Waals surface area contributed by atoms with E-state index < -0.39 is 0 Å². The molecule has 2 aromatic heterocycles. The summed E-state index contributed by atoms with van der Waals surface area (Å²) < 4.78 is 5.73. The van der Waals surface area contributed by atoms with Crippen LogP contribution in [0.4, 0.5) is 5.13 Å². The van der Waals surface area contributed by atoms with E-state index >= 15 is 0 Å². The molecule has 2 rings (SSSR count). The van der Waals surface area contributed by atoms with E-state index in [2.05, 4.69) is 20.8 Å². The molecule has 0 aliphatic heterocycles. The number of amides is 2. The highest BCUT2D eigenvalue weighted by atomic mass is 32.2. The molecular formula is C11H12N4O3S2. The Morgan fingerprint density at radius 3 is 3.00 bits per heavy atom. The summed E-state index contributed by atoms with van der Waals surface area (Å²) in [7, 11) is 0. The van der Waals surface area contributed by atoms with Crippen LogP contribution in [-0.4, -0.2) is 27.8 Å². The summed E-state index contributed by atoms with van der Waals surface area (Å²) in [6.45, 7) is 1.76. The van der Waals surface area contributed by atoms with Crippen molar-refractivity contribution in [2.75, 3.05) is 11.1 Å². The Balaban J connectivity index is 1.72. The summed E-state index contributed by atoms with van der Waals surface area (Å²) in [5.41, 5.74) is 0. The summed E-state index contributed by atoms with van der Waals surface area (Å²) in [4.78, 5) is 22.4. The van der Waals surface area contributed by atoms with Crippen LogP contribution in [0.25, 0.3) is 0 Å². The maximum atomic E-state index is 11.6. The molecule has 0 spiro atoms. The van der Waals surface area contributed by atoms with E-state index in [4.69, 9.17) is 4.42 Å². The summed E-state index contributed by atoms with van der Waals surface area (Å²) in [6.07, 6.45) is 1.56. The third-order valence-electron chi connectivity index (χ3n) is 2.06. The molecule has 106 valence electrons. The van der Waals surface area contributed by atoms with Crippen LogP contribution in [0.2, 0.25) is 0 Å². The molecule has 0 saturated heterocycles. The normalized spacial score (nSPS) is 10.2. The second-order valence-electron chi connectivity index (χ2n) is 3.70. The summed E-state index contributed by atoms with van der Waals surface area (Å²) in [5, 5.41) is 13.3. The number of carbonyl (C=O) groups is 2. The highest BCUT2D eigenvalue weighted by Gasteiger charge is 2.09. The van der Waals surface area contributed by atoms with Crippen LogP contribution in [0, 0.1) is 0 Å². The van der Waals surface area contributed by atoms with Crippen molar-refractivity contribution in [2.24, 2.45) is 0 Å². The standard InChI is InChI=1S/C11H12N4O3S2/c1-7(16)13-10-14-15-11(20-10)19-6-9(17)12-5-8-3-2-4-18-8/h2-4H,5-6H2,1H3,(H,12,17)(H,13,14,16). The minimum Gasteiger partial charge on any atom is -0.467 e. The molecule has 20 heavy (non-hydrogen) atoms. The van der Waals surface area contributed by atoms with E-state index in [1.807, 2.05) is 0 Å². The first kappa shape index (κ1) is 14.5. The summed E-state index contributed by atoms with van der Waals surface area (Å²) in [6, 6.07) is 3.55. The number of nitrogens with one attached hydrogen (secondary N) is 2. The van der Waals surface area contributed by atoms with Gasteiger partial charge in [0.25, 0.3) is 0 Å². The molecule has 0 aliphatic carbocycles. The van der Waals surface area contributed by atoms with Gasteiger partial charge in [-0.3, -0.25) is 9.59 Å². The zero-order chi connectivity index (χ0) is 14.4. The predicted molar refractivity (Wildman–Crippen MR) is 75.5 cm³/mol. The SMILES string of the molecule is CC(=O)Nc1nnc(SCC(=O)NCc2ccco2)s1. The van der Waals surface area contributed by atoms with E-state index in [-0.39, 0.29) is 17.6 Å². The number of carbonyl (C=O) groups excluding carboxylic acids is 2. The van der Waals surface area contributed by atoms with Gasteiger partial charge in [-0.2, -0.15) is 0 Å². The molecule has 0 saturated carbocycles. The fraction of sp³-hybridized carbons (Fsp3) is 0.273. The van der Waals surface area contributed by atoms with Crippen molar-refractivity contribution in [1.82, 2.24) is 15.5 Å². The fourth-order valence-electron chi connectivity index (χ4n) is 1.25. The summed E-state index contributed by atoms with van der Waals surface area (Å²) >= 11 is 2.49. The molecule has 0 aliphatic rings. The zero-order valence-corrected chi connectivity index (χ0v) is 12.2. The lowest BCUT2D eigenvalue weighted by Gasteiger charge is -2.01. The van der Waals surface area contributed by atoms with Gasteiger partial charge in [0.2, 0.25) is 16.9 Å². The van der Waals surface area contributed by atoms with E-state index in [9.17, 15) is 9.59 Å². The van der Waals surface area contributed by atoms with Gasteiger partial charge in [-0.15, -0.1) is 10.2 Å². The van der Waals surface area contributed by atoms with E-state index in [0.29, 0.717) is 21.8 Å². The zero-order valence-electron chi connectivity index (χ0n) is 10.6. The maximum absolute atomic E-state index is 11.6. The molecule has 7 nitrogen and oxygen atoms in total. The van der Waals surface area contributed by atoms with Crippen LogP contribution in [-0.2, 0) is 16.1 Å². The highest BCUT2D eigenvalue weighted by Crippen LogP contribution is 2.25. The second kappa shape index (κ2) is 7.06. The van der Waals surface area contributed by atoms with Gasteiger partial charge < -0.3 is 15.1 Å². The highest BCUT2D eigenvalue weighted by molar-refractivity contribution is 8.01. The van der Waals surface area contributed by atoms with Gasteiger partial charge in [0, 0.05) is 6.92 Å². The number of anilines is 1. The molecule has 0 aromatic carbocycles. The molecule has 9 heteroatoms. The lowest BCUT2D eigenvalue weighted by atomic mass is 10.4. The van der Waals surface area contributed by atoms with Crippen LogP contribution in [0.15, 0.2) is 27.2 Å². The first-order valence-electron chi connectivity index (χ1n) is 5.66. The van der Waals surface area contributed by atoms with Crippen LogP contribution in [0.1, 0.15) is 12.7 Å². The molecule has 2 amide bonds. The number of thioether (sulfide) groups is 1. The number of nitrogens with zero attached hydrogens (tertiary/aromatic N) is 2. The van der Waals surface area contributed by atoms with Crippen molar-refractivity contribution in [2.45, 2.75) is 17.8 Å². The molecular weight excluding hydrogens is 300 g/mol.